The highest BCUT2D eigenvalue weighted by atomic mass is 32.2. The van der Waals surface area contributed by atoms with Gasteiger partial charge in [0.15, 0.2) is 0 Å². The van der Waals surface area contributed by atoms with Crippen LogP contribution in [-0.4, -0.2) is 38.7 Å². The Balaban J connectivity index is 1.82. The molecule has 0 aromatic heterocycles. The van der Waals surface area contributed by atoms with Crippen molar-refractivity contribution in [2.24, 2.45) is 11.8 Å². The molecule has 2 fully saturated rings. The molecule has 2 aliphatic rings. The maximum absolute atomic E-state index is 12.1. The number of carbonyl (C=O) groups is 2. The quantitative estimate of drug-likeness (QED) is 0.808. The summed E-state index contributed by atoms with van der Waals surface area (Å²) in [4.78, 5) is 23.1. The molecule has 2 unspecified atom stereocenters. The average Bonchev–Trinajstić information content (AvgIpc) is 2.41. The van der Waals surface area contributed by atoms with Crippen molar-refractivity contribution in [3.8, 4) is 0 Å². The molecule has 1 amide bonds. The van der Waals surface area contributed by atoms with Gasteiger partial charge < -0.3 is 10.4 Å². The van der Waals surface area contributed by atoms with E-state index in [-0.39, 0.29) is 23.8 Å². The van der Waals surface area contributed by atoms with Crippen molar-refractivity contribution >= 4 is 22.7 Å². The number of carboxylic acid groups (broad SMARTS) is 1. The van der Waals surface area contributed by atoms with Gasteiger partial charge in [0.05, 0.1) is 5.92 Å². The van der Waals surface area contributed by atoms with Crippen LogP contribution in [0, 0.1) is 11.8 Å². The standard InChI is InChI=1S/C13H21NO4S/c15-12(14-11-4-6-19(18)7-5-11)9-2-1-3-10(8-9)13(16)17/h9-11H,1-8H2,(H,14,15)(H,16,17). The zero-order valence-corrected chi connectivity index (χ0v) is 11.8. The Morgan fingerprint density at radius 3 is 2.32 bits per heavy atom. The number of nitrogens with one attached hydrogen (secondary N) is 1. The lowest BCUT2D eigenvalue weighted by atomic mass is 9.81. The molecule has 1 heterocycles. The van der Waals surface area contributed by atoms with Crippen molar-refractivity contribution in [2.45, 2.75) is 44.6 Å². The average molecular weight is 287 g/mol. The lowest BCUT2D eigenvalue weighted by molar-refractivity contribution is -0.144. The van der Waals surface area contributed by atoms with E-state index in [4.69, 9.17) is 5.11 Å². The lowest BCUT2D eigenvalue weighted by Gasteiger charge is -2.29. The summed E-state index contributed by atoms with van der Waals surface area (Å²) in [6.45, 7) is 0. The van der Waals surface area contributed by atoms with Crippen LogP contribution in [0.1, 0.15) is 38.5 Å². The summed E-state index contributed by atoms with van der Waals surface area (Å²) in [5, 5.41) is 12.0. The predicted octanol–water partition coefficient (Wildman–Crippen LogP) is 0.905. The van der Waals surface area contributed by atoms with Gasteiger partial charge in [-0.1, -0.05) is 6.42 Å². The van der Waals surface area contributed by atoms with E-state index in [2.05, 4.69) is 5.32 Å². The normalized spacial score (nSPS) is 35.6. The number of carbonyl (C=O) groups excluding carboxylic acids is 1. The lowest BCUT2D eigenvalue weighted by Crippen LogP contribution is -2.43. The van der Waals surface area contributed by atoms with Crippen LogP contribution >= 0.6 is 0 Å². The molecular formula is C13H21NO4S. The van der Waals surface area contributed by atoms with E-state index >= 15 is 0 Å². The third-order valence-corrected chi connectivity index (χ3v) is 5.51. The van der Waals surface area contributed by atoms with E-state index < -0.39 is 16.8 Å². The molecule has 1 aliphatic carbocycles. The van der Waals surface area contributed by atoms with Crippen LogP contribution in [0.4, 0.5) is 0 Å². The van der Waals surface area contributed by atoms with Gasteiger partial charge >= 0.3 is 5.97 Å². The highest BCUT2D eigenvalue weighted by Crippen LogP contribution is 2.29. The predicted molar refractivity (Wildman–Crippen MR) is 72.1 cm³/mol. The Labute approximate surface area is 115 Å². The summed E-state index contributed by atoms with van der Waals surface area (Å²) in [5.41, 5.74) is 0. The highest BCUT2D eigenvalue weighted by molar-refractivity contribution is 7.85. The number of amides is 1. The van der Waals surface area contributed by atoms with Crippen LogP contribution in [0.5, 0.6) is 0 Å². The summed E-state index contributed by atoms with van der Waals surface area (Å²) in [5.74, 6) is -0.0133. The second-order valence-corrected chi connectivity index (χ2v) is 7.23. The molecule has 0 spiro atoms. The Kier molecular flexibility index (Phi) is 4.96. The van der Waals surface area contributed by atoms with Gasteiger partial charge in [-0.15, -0.1) is 0 Å². The van der Waals surface area contributed by atoms with Gasteiger partial charge in [-0.25, -0.2) is 0 Å². The molecular weight excluding hydrogens is 266 g/mol. The largest absolute Gasteiger partial charge is 0.481 e. The first-order valence-electron chi connectivity index (χ1n) is 6.94. The van der Waals surface area contributed by atoms with E-state index in [0.717, 1.165) is 25.7 Å². The van der Waals surface area contributed by atoms with Crippen molar-refractivity contribution in [1.29, 1.82) is 0 Å². The van der Waals surface area contributed by atoms with E-state index in [1.54, 1.807) is 0 Å². The second kappa shape index (κ2) is 6.50. The fourth-order valence-corrected chi connectivity index (χ4v) is 4.21. The van der Waals surface area contributed by atoms with E-state index in [0.29, 0.717) is 24.3 Å². The smallest absolute Gasteiger partial charge is 0.306 e. The fourth-order valence-electron chi connectivity index (χ4n) is 2.91. The van der Waals surface area contributed by atoms with Gasteiger partial charge in [0.2, 0.25) is 5.91 Å². The Hall–Kier alpha value is -0.910. The Morgan fingerprint density at radius 2 is 1.68 bits per heavy atom. The van der Waals surface area contributed by atoms with Gasteiger partial charge in [-0.3, -0.25) is 13.8 Å². The monoisotopic (exact) mass is 287 g/mol. The summed E-state index contributed by atoms with van der Waals surface area (Å²) in [7, 11) is -0.721. The van der Waals surface area contributed by atoms with Crippen LogP contribution < -0.4 is 5.32 Å². The molecule has 1 aliphatic heterocycles. The first-order valence-corrected chi connectivity index (χ1v) is 8.43. The van der Waals surface area contributed by atoms with Gasteiger partial charge in [0.25, 0.3) is 0 Å². The van der Waals surface area contributed by atoms with Crippen molar-refractivity contribution in [2.75, 3.05) is 11.5 Å². The fraction of sp³-hybridized carbons (Fsp3) is 0.846. The number of carboxylic acids is 1. The van der Waals surface area contributed by atoms with Crippen LogP contribution in [0.15, 0.2) is 0 Å². The van der Waals surface area contributed by atoms with Crippen molar-refractivity contribution in [3.63, 3.8) is 0 Å². The number of aliphatic carboxylic acids is 1. The maximum Gasteiger partial charge on any atom is 0.306 e. The van der Waals surface area contributed by atoms with Gasteiger partial charge in [-0.2, -0.15) is 0 Å². The van der Waals surface area contributed by atoms with Gasteiger partial charge in [0, 0.05) is 34.3 Å². The molecule has 1 saturated heterocycles. The minimum absolute atomic E-state index is 0.0105. The molecule has 0 aromatic rings. The highest BCUT2D eigenvalue weighted by Gasteiger charge is 2.32. The van der Waals surface area contributed by atoms with Gasteiger partial charge in [0.1, 0.15) is 0 Å². The van der Waals surface area contributed by atoms with E-state index in [1.165, 1.54) is 0 Å². The zero-order chi connectivity index (χ0) is 13.8. The second-order valence-electron chi connectivity index (χ2n) is 5.53. The molecule has 1 saturated carbocycles. The maximum atomic E-state index is 12.1. The van der Waals surface area contributed by atoms with E-state index in [1.807, 2.05) is 0 Å². The summed E-state index contributed by atoms with van der Waals surface area (Å²) < 4.78 is 11.2. The zero-order valence-electron chi connectivity index (χ0n) is 11.0. The van der Waals surface area contributed by atoms with Crippen LogP contribution in [0.2, 0.25) is 0 Å². The molecule has 0 bridgehead atoms. The SMILES string of the molecule is O=C(O)C1CCCC(C(=O)NC2CCS(=O)CC2)C1. The molecule has 0 aromatic carbocycles. The molecule has 0 radical (unpaired) electrons. The summed E-state index contributed by atoms with van der Waals surface area (Å²) >= 11 is 0. The third kappa shape index (κ3) is 4.03. The van der Waals surface area contributed by atoms with Gasteiger partial charge in [-0.05, 0) is 32.1 Å². The van der Waals surface area contributed by atoms with Crippen molar-refractivity contribution in [1.82, 2.24) is 5.32 Å². The van der Waals surface area contributed by atoms with E-state index in [9.17, 15) is 13.8 Å². The molecule has 19 heavy (non-hydrogen) atoms. The summed E-state index contributed by atoms with van der Waals surface area (Å²) in [6, 6.07) is 0.121. The molecule has 6 heteroatoms. The van der Waals surface area contributed by atoms with Crippen molar-refractivity contribution in [3.05, 3.63) is 0 Å². The molecule has 2 atom stereocenters. The molecule has 2 rings (SSSR count). The Morgan fingerprint density at radius 1 is 1.05 bits per heavy atom. The molecule has 108 valence electrons. The first kappa shape index (κ1) is 14.5. The van der Waals surface area contributed by atoms with Crippen LogP contribution in [-0.2, 0) is 20.4 Å². The van der Waals surface area contributed by atoms with Crippen molar-refractivity contribution < 1.29 is 18.9 Å². The number of hydrogen-bond acceptors (Lipinski definition) is 3. The third-order valence-electron chi connectivity index (χ3n) is 4.13. The minimum atomic E-state index is -0.787. The van der Waals surface area contributed by atoms with Crippen LogP contribution in [0.25, 0.3) is 0 Å². The number of rotatable bonds is 3. The topological polar surface area (TPSA) is 83.5 Å². The Bertz CT molecular complexity index is 375. The van der Waals surface area contributed by atoms with Crippen LogP contribution in [0.3, 0.4) is 0 Å². The molecule has 5 nitrogen and oxygen atoms in total. The molecule has 2 N–H and O–H groups in total. The minimum Gasteiger partial charge on any atom is -0.481 e. The summed E-state index contributed by atoms with van der Waals surface area (Å²) in [6.07, 6.45) is 4.28. The first-order chi connectivity index (χ1) is 9.06. The number of hydrogen-bond donors (Lipinski definition) is 2.